The van der Waals surface area contributed by atoms with Crippen LogP contribution in [0.3, 0.4) is 0 Å². The maximum absolute atomic E-state index is 13.0. The Kier molecular flexibility index (Phi) is 6.11. The summed E-state index contributed by atoms with van der Waals surface area (Å²) < 4.78 is 26.0. The molecule has 2 rings (SSSR count). The van der Waals surface area contributed by atoms with Gasteiger partial charge in [-0.05, 0) is 31.7 Å². The number of likely N-dealkylation sites (N-methyl/N-ethyl adjacent to an activating group) is 1. The summed E-state index contributed by atoms with van der Waals surface area (Å²) in [7, 11) is -1.62. The number of halogens is 1. The van der Waals surface area contributed by atoms with Crippen molar-refractivity contribution in [3.8, 4) is 0 Å². The van der Waals surface area contributed by atoms with Gasteiger partial charge in [0.05, 0.1) is 11.9 Å². The van der Waals surface area contributed by atoms with Crippen molar-refractivity contribution in [2.24, 2.45) is 0 Å². The maximum atomic E-state index is 13.0. The van der Waals surface area contributed by atoms with Gasteiger partial charge in [0.25, 0.3) is 0 Å². The zero-order valence-electron chi connectivity index (χ0n) is 14.3. The molecule has 0 spiro atoms. The molecule has 0 bridgehead atoms. The van der Waals surface area contributed by atoms with Crippen LogP contribution in [0.4, 0.5) is 5.69 Å². The molecule has 0 aromatic heterocycles. The molecule has 1 saturated heterocycles. The van der Waals surface area contributed by atoms with Crippen LogP contribution < -0.4 is 4.31 Å². The van der Waals surface area contributed by atoms with Gasteiger partial charge in [-0.15, -0.1) is 0 Å². The molecule has 8 heteroatoms. The molecule has 1 aromatic carbocycles. The molecular weight excluding hydrogens is 350 g/mol. The normalized spacial score (nSPS) is 17.6. The van der Waals surface area contributed by atoms with E-state index in [-0.39, 0.29) is 5.91 Å². The number of sulfonamides is 1. The molecule has 1 fully saturated rings. The second-order valence-electron chi connectivity index (χ2n) is 6.09. The fourth-order valence-electron chi connectivity index (χ4n) is 2.89. The van der Waals surface area contributed by atoms with Gasteiger partial charge in [-0.2, -0.15) is 0 Å². The average Bonchev–Trinajstić information content (AvgIpc) is 2.51. The molecule has 1 aliphatic heterocycles. The molecule has 1 atom stereocenters. The number of carbonyl (C=O) groups is 1. The van der Waals surface area contributed by atoms with Gasteiger partial charge < -0.3 is 9.80 Å². The topological polar surface area (TPSA) is 60.9 Å². The molecule has 0 aliphatic carbocycles. The van der Waals surface area contributed by atoms with Crippen LogP contribution in [0.5, 0.6) is 0 Å². The van der Waals surface area contributed by atoms with E-state index in [0.29, 0.717) is 30.2 Å². The van der Waals surface area contributed by atoms with Gasteiger partial charge in [0.2, 0.25) is 15.9 Å². The number of piperazine rings is 1. The molecule has 24 heavy (non-hydrogen) atoms. The van der Waals surface area contributed by atoms with Crippen molar-refractivity contribution in [2.75, 3.05) is 43.8 Å². The lowest BCUT2D eigenvalue weighted by atomic mass is 10.1. The van der Waals surface area contributed by atoms with E-state index in [4.69, 9.17) is 11.6 Å². The minimum Gasteiger partial charge on any atom is -0.338 e. The third-order valence-corrected chi connectivity index (χ3v) is 5.60. The quantitative estimate of drug-likeness (QED) is 0.787. The molecule has 0 saturated carbocycles. The molecule has 0 N–H and O–H groups in total. The monoisotopic (exact) mass is 373 g/mol. The van der Waals surface area contributed by atoms with E-state index >= 15 is 0 Å². The highest BCUT2D eigenvalue weighted by Crippen LogP contribution is 2.26. The molecule has 1 aliphatic rings. The Morgan fingerprint density at radius 3 is 2.42 bits per heavy atom. The first-order valence-electron chi connectivity index (χ1n) is 7.96. The first-order valence-corrected chi connectivity index (χ1v) is 10.2. The number of hydrogen-bond acceptors (Lipinski definition) is 4. The molecule has 1 amide bonds. The highest BCUT2D eigenvalue weighted by atomic mass is 35.5. The molecule has 1 unspecified atom stereocenters. The fourth-order valence-corrected chi connectivity index (χ4v) is 4.28. The summed E-state index contributed by atoms with van der Waals surface area (Å²) in [5, 5.41) is 0.433. The molecule has 1 aromatic rings. The number of carbonyl (C=O) groups excluding carboxylic acids is 1. The highest BCUT2D eigenvalue weighted by Gasteiger charge is 2.35. The van der Waals surface area contributed by atoms with E-state index in [9.17, 15) is 13.2 Å². The van der Waals surface area contributed by atoms with Crippen LogP contribution in [0.25, 0.3) is 0 Å². The Balaban J connectivity index is 2.34. The Hall–Kier alpha value is -1.31. The predicted octanol–water partition coefficient (Wildman–Crippen LogP) is 1.66. The number of rotatable bonds is 5. The van der Waals surface area contributed by atoms with Crippen LogP contribution >= 0.6 is 11.6 Å². The number of benzene rings is 1. The number of anilines is 1. The van der Waals surface area contributed by atoms with Gasteiger partial charge in [0, 0.05) is 31.2 Å². The van der Waals surface area contributed by atoms with Crippen molar-refractivity contribution in [1.29, 1.82) is 0 Å². The summed E-state index contributed by atoms with van der Waals surface area (Å²) >= 11 is 6.01. The lowest BCUT2D eigenvalue weighted by Crippen LogP contribution is -2.55. The standard InChI is InChI=1S/C16H24ClN3O3S/c1-4-15(16(21)19-10-8-18(2)9-11-19)20(24(3,22)23)14-7-5-6-13(17)12-14/h5-7,12,15H,4,8-11H2,1-3H3. The minimum absolute atomic E-state index is 0.156. The molecule has 134 valence electrons. The summed E-state index contributed by atoms with van der Waals surface area (Å²) in [5.41, 5.74) is 0.416. The summed E-state index contributed by atoms with van der Waals surface area (Å²) in [6.07, 6.45) is 1.51. The lowest BCUT2D eigenvalue weighted by molar-refractivity contribution is -0.134. The molecule has 6 nitrogen and oxygen atoms in total. The Labute approximate surface area is 149 Å². The van der Waals surface area contributed by atoms with E-state index < -0.39 is 16.1 Å². The minimum atomic E-state index is -3.62. The highest BCUT2D eigenvalue weighted by molar-refractivity contribution is 7.92. The third kappa shape index (κ3) is 4.40. The van der Waals surface area contributed by atoms with Gasteiger partial charge in [0.1, 0.15) is 6.04 Å². The van der Waals surface area contributed by atoms with Crippen molar-refractivity contribution < 1.29 is 13.2 Å². The Morgan fingerprint density at radius 1 is 1.29 bits per heavy atom. The third-order valence-electron chi connectivity index (χ3n) is 4.19. The van der Waals surface area contributed by atoms with E-state index in [1.165, 1.54) is 4.31 Å². The van der Waals surface area contributed by atoms with E-state index in [0.717, 1.165) is 19.3 Å². The SMILES string of the molecule is CCC(C(=O)N1CCN(C)CC1)N(c1cccc(Cl)c1)S(C)(=O)=O. The zero-order chi connectivity index (χ0) is 17.9. The smallest absolute Gasteiger partial charge is 0.246 e. The van der Waals surface area contributed by atoms with E-state index in [2.05, 4.69) is 4.90 Å². The second-order valence-corrected chi connectivity index (χ2v) is 8.39. The van der Waals surface area contributed by atoms with Crippen molar-refractivity contribution in [1.82, 2.24) is 9.80 Å². The second kappa shape index (κ2) is 7.72. The first kappa shape index (κ1) is 19.0. The Bertz CT molecular complexity index is 688. The summed E-state index contributed by atoms with van der Waals surface area (Å²) in [6, 6.07) is 5.83. The van der Waals surface area contributed by atoms with Gasteiger partial charge in [-0.3, -0.25) is 9.10 Å². The van der Waals surface area contributed by atoms with Crippen LogP contribution in [-0.4, -0.2) is 69.6 Å². The van der Waals surface area contributed by atoms with Gasteiger partial charge in [-0.25, -0.2) is 8.42 Å². The van der Waals surface area contributed by atoms with Crippen molar-refractivity contribution in [2.45, 2.75) is 19.4 Å². The maximum Gasteiger partial charge on any atom is 0.246 e. The van der Waals surface area contributed by atoms with Gasteiger partial charge >= 0.3 is 0 Å². The van der Waals surface area contributed by atoms with Crippen LogP contribution in [-0.2, 0) is 14.8 Å². The molecule has 0 radical (unpaired) electrons. The van der Waals surface area contributed by atoms with Crippen molar-refractivity contribution in [3.05, 3.63) is 29.3 Å². The predicted molar refractivity (Wildman–Crippen MR) is 96.9 cm³/mol. The van der Waals surface area contributed by atoms with Crippen LogP contribution in [0.2, 0.25) is 5.02 Å². The Morgan fingerprint density at radius 2 is 1.92 bits per heavy atom. The summed E-state index contributed by atoms with van der Waals surface area (Å²) in [5.74, 6) is -0.156. The number of hydrogen-bond donors (Lipinski definition) is 0. The lowest BCUT2D eigenvalue weighted by Gasteiger charge is -2.37. The van der Waals surface area contributed by atoms with Gasteiger partial charge in [-0.1, -0.05) is 24.6 Å². The van der Waals surface area contributed by atoms with Crippen LogP contribution in [0, 0.1) is 0 Å². The number of nitrogens with zero attached hydrogens (tertiary/aromatic N) is 3. The van der Waals surface area contributed by atoms with Crippen LogP contribution in [0.1, 0.15) is 13.3 Å². The fraction of sp³-hybridized carbons (Fsp3) is 0.562. The first-order chi connectivity index (χ1) is 11.2. The van der Waals surface area contributed by atoms with Crippen LogP contribution in [0.15, 0.2) is 24.3 Å². The van der Waals surface area contributed by atoms with Crippen molar-refractivity contribution >= 4 is 33.2 Å². The largest absolute Gasteiger partial charge is 0.338 e. The van der Waals surface area contributed by atoms with Gasteiger partial charge in [0.15, 0.2) is 0 Å². The number of amides is 1. The van der Waals surface area contributed by atoms with Crippen molar-refractivity contribution in [3.63, 3.8) is 0 Å². The molecule has 1 heterocycles. The van der Waals surface area contributed by atoms with E-state index in [1.807, 2.05) is 14.0 Å². The average molecular weight is 374 g/mol. The summed E-state index contributed by atoms with van der Waals surface area (Å²) in [6.45, 7) is 4.62. The van der Waals surface area contributed by atoms with E-state index in [1.54, 1.807) is 29.2 Å². The zero-order valence-corrected chi connectivity index (χ0v) is 15.8. The molecular formula is C16H24ClN3O3S. The summed E-state index contributed by atoms with van der Waals surface area (Å²) in [4.78, 5) is 16.8.